The fourth-order valence-corrected chi connectivity index (χ4v) is 3.01. The number of oxime groups is 1. The number of carboxylic acid groups (broad SMARTS) is 2. The van der Waals surface area contributed by atoms with E-state index in [4.69, 9.17) is 29.4 Å². The van der Waals surface area contributed by atoms with Gasteiger partial charge in [0.1, 0.15) is 16.5 Å². The first-order valence-electron chi connectivity index (χ1n) is 8.43. The second-order valence-electron chi connectivity index (χ2n) is 5.68. The van der Waals surface area contributed by atoms with Gasteiger partial charge in [0.25, 0.3) is 0 Å². The summed E-state index contributed by atoms with van der Waals surface area (Å²) in [5.74, 6) is -3.03. The normalized spacial score (nSPS) is 14.3. The average Bonchev–Trinajstić information content (AvgIpc) is 3.05. The molecule has 2 N–H and O–H groups in total. The van der Waals surface area contributed by atoms with Gasteiger partial charge in [0.05, 0.1) is 13.3 Å². The lowest BCUT2D eigenvalue weighted by Gasteiger charge is -2.21. The topological polar surface area (TPSA) is 122 Å². The van der Waals surface area contributed by atoms with Crippen LogP contribution in [-0.4, -0.2) is 72.1 Å². The molecular formula is C17H25N3O6S. The zero-order valence-corrected chi connectivity index (χ0v) is 16.5. The lowest BCUT2D eigenvalue weighted by atomic mass is 10.1. The molecule has 0 aliphatic carbocycles. The molecule has 0 spiro atoms. The number of nitrogens with zero attached hydrogens (tertiary/aromatic N) is 3. The number of likely N-dealkylation sites (N-methyl/N-ethyl adjacent to an activating group) is 1. The molecule has 0 saturated carbocycles. The molecule has 150 valence electrons. The number of aromatic nitrogens is 1. The minimum absolute atomic E-state index is 0.618. The average molecular weight is 399 g/mol. The van der Waals surface area contributed by atoms with Crippen molar-refractivity contribution in [1.82, 2.24) is 9.88 Å². The molecule has 1 aliphatic rings. The minimum atomic E-state index is -1.82. The van der Waals surface area contributed by atoms with E-state index < -0.39 is 11.9 Å². The molecule has 2 rings (SSSR count). The molecule has 1 aliphatic heterocycles. The van der Waals surface area contributed by atoms with Crippen molar-refractivity contribution in [2.75, 3.05) is 33.9 Å². The number of methoxy groups -OCH3 is 1. The summed E-state index contributed by atoms with van der Waals surface area (Å²) in [6.07, 6.45) is 7.14. The predicted octanol–water partition coefficient (Wildman–Crippen LogP) is 2.18. The van der Waals surface area contributed by atoms with Gasteiger partial charge in [-0.2, -0.15) is 0 Å². The Labute approximate surface area is 161 Å². The second kappa shape index (κ2) is 12.0. The molecule has 0 unspecified atom stereocenters. The van der Waals surface area contributed by atoms with Crippen LogP contribution in [0, 0.1) is 0 Å². The summed E-state index contributed by atoms with van der Waals surface area (Å²) >= 11 is 1.60. The molecule has 27 heavy (non-hydrogen) atoms. The van der Waals surface area contributed by atoms with Crippen LogP contribution >= 0.6 is 11.3 Å². The van der Waals surface area contributed by atoms with Gasteiger partial charge < -0.3 is 24.7 Å². The van der Waals surface area contributed by atoms with E-state index >= 15 is 0 Å². The summed E-state index contributed by atoms with van der Waals surface area (Å²) in [7, 11) is 3.76. The molecule has 0 atom stereocenters. The number of unbranched alkanes of at least 4 members (excludes halogenated alkanes) is 1. The third kappa shape index (κ3) is 8.18. The van der Waals surface area contributed by atoms with Crippen LogP contribution in [0.4, 0.5) is 0 Å². The molecule has 10 heteroatoms. The van der Waals surface area contributed by atoms with Crippen molar-refractivity contribution in [1.29, 1.82) is 0 Å². The molecule has 1 aromatic heterocycles. The highest BCUT2D eigenvalue weighted by Gasteiger charge is 2.17. The van der Waals surface area contributed by atoms with E-state index in [0.29, 0.717) is 12.5 Å². The molecule has 0 aromatic carbocycles. The molecule has 0 amide bonds. The summed E-state index contributed by atoms with van der Waals surface area (Å²) in [6.45, 7) is 4.81. The van der Waals surface area contributed by atoms with Crippen LogP contribution in [0.3, 0.4) is 0 Å². The molecule has 9 nitrogen and oxygen atoms in total. The zero-order valence-electron chi connectivity index (χ0n) is 15.7. The summed E-state index contributed by atoms with van der Waals surface area (Å²) in [4.78, 5) is 31.2. The Kier molecular flexibility index (Phi) is 10.1. The van der Waals surface area contributed by atoms with Crippen LogP contribution in [-0.2, 0) is 14.4 Å². The van der Waals surface area contributed by atoms with Gasteiger partial charge in [0, 0.05) is 13.1 Å². The fraction of sp³-hybridized carbons (Fsp3) is 0.529. The van der Waals surface area contributed by atoms with E-state index in [1.165, 1.54) is 5.57 Å². The maximum atomic E-state index is 9.10. The smallest absolute Gasteiger partial charge is 0.414 e. The van der Waals surface area contributed by atoms with E-state index in [-0.39, 0.29) is 0 Å². The third-order valence-corrected chi connectivity index (χ3v) is 4.49. The summed E-state index contributed by atoms with van der Waals surface area (Å²) < 4.78 is 5.33. The highest BCUT2D eigenvalue weighted by atomic mass is 32.1. The van der Waals surface area contributed by atoms with Crippen molar-refractivity contribution in [3.63, 3.8) is 0 Å². The van der Waals surface area contributed by atoms with Crippen LogP contribution in [0.15, 0.2) is 11.2 Å². The SMILES string of the molecule is CCCCON=Cc1sc(C2=CCCN(C)C2)nc1OC.O=C(O)C(=O)O. The highest BCUT2D eigenvalue weighted by Crippen LogP contribution is 2.30. The van der Waals surface area contributed by atoms with Gasteiger partial charge in [-0.25, -0.2) is 14.6 Å². The standard InChI is InChI=1S/C15H23N3O2S.C2H2O4/c1-4-5-9-20-16-10-13-14(19-3)17-15(21-13)12-7-6-8-18(2)11-12;3-1(4)2(5)6/h7,10H,4-6,8-9,11H2,1-3H3;(H,3,4)(H,5,6). The quantitative estimate of drug-likeness (QED) is 0.310. The number of carbonyl (C=O) groups is 2. The molecule has 0 saturated heterocycles. The molecule has 2 heterocycles. The second-order valence-corrected chi connectivity index (χ2v) is 6.71. The first-order chi connectivity index (χ1) is 12.9. The van der Waals surface area contributed by atoms with E-state index in [2.05, 4.69) is 35.1 Å². The summed E-state index contributed by atoms with van der Waals surface area (Å²) in [5, 5.41) is 19.8. The Morgan fingerprint density at radius 2 is 2.11 bits per heavy atom. The molecule has 1 aromatic rings. The third-order valence-electron chi connectivity index (χ3n) is 3.45. The largest absolute Gasteiger partial charge is 0.480 e. The number of rotatable bonds is 7. The molecule has 0 radical (unpaired) electrons. The van der Waals surface area contributed by atoms with E-state index in [1.54, 1.807) is 24.7 Å². The number of thiazole rings is 1. The molecule has 0 fully saturated rings. The van der Waals surface area contributed by atoms with E-state index in [0.717, 1.165) is 42.2 Å². The first-order valence-corrected chi connectivity index (χ1v) is 9.25. The van der Waals surface area contributed by atoms with Crippen LogP contribution in [0.25, 0.3) is 5.57 Å². The fourth-order valence-electron chi connectivity index (χ4n) is 2.08. The van der Waals surface area contributed by atoms with Gasteiger partial charge in [0.2, 0.25) is 5.88 Å². The number of hydrogen-bond donors (Lipinski definition) is 2. The van der Waals surface area contributed by atoms with Crippen molar-refractivity contribution in [2.45, 2.75) is 26.2 Å². The molecule has 0 bridgehead atoms. The van der Waals surface area contributed by atoms with Crippen molar-refractivity contribution in [3.8, 4) is 5.88 Å². The number of carboxylic acids is 2. The van der Waals surface area contributed by atoms with E-state index in [1.807, 2.05) is 0 Å². The Balaban J connectivity index is 0.000000527. The Morgan fingerprint density at radius 3 is 2.67 bits per heavy atom. The van der Waals surface area contributed by atoms with Crippen molar-refractivity contribution >= 4 is 35.1 Å². The molecular weight excluding hydrogens is 374 g/mol. The zero-order chi connectivity index (χ0) is 20.2. The number of aliphatic carboxylic acids is 2. The minimum Gasteiger partial charge on any atom is -0.480 e. The van der Waals surface area contributed by atoms with Crippen LogP contribution in [0.1, 0.15) is 36.1 Å². The Hall–Kier alpha value is -2.46. The van der Waals surface area contributed by atoms with Crippen molar-refractivity contribution in [3.05, 3.63) is 16.0 Å². The monoisotopic (exact) mass is 399 g/mol. The maximum absolute atomic E-state index is 9.10. The van der Waals surface area contributed by atoms with Crippen molar-refractivity contribution < 1.29 is 29.4 Å². The van der Waals surface area contributed by atoms with Crippen LogP contribution < -0.4 is 4.74 Å². The Morgan fingerprint density at radius 1 is 1.41 bits per heavy atom. The van der Waals surface area contributed by atoms with Gasteiger partial charge in [-0.05, 0) is 25.5 Å². The first kappa shape index (κ1) is 22.6. The van der Waals surface area contributed by atoms with E-state index in [9.17, 15) is 0 Å². The van der Waals surface area contributed by atoms with Gasteiger partial charge in [-0.3, -0.25) is 0 Å². The summed E-state index contributed by atoms with van der Waals surface area (Å²) in [6, 6.07) is 0. The van der Waals surface area contributed by atoms with Gasteiger partial charge in [0.15, 0.2) is 0 Å². The van der Waals surface area contributed by atoms with Gasteiger partial charge in [-0.1, -0.05) is 24.6 Å². The lowest BCUT2D eigenvalue weighted by Crippen LogP contribution is -2.24. The van der Waals surface area contributed by atoms with Crippen molar-refractivity contribution in [2.24, 2.45) is 5.16 Å². The highest BCUT2D eigenvalue weighted by molar-refractivity contribution is 7.14. The van der Waals surface area contributed by atoms with Crippen LogP contribution in [0.5, 0.6) is 5.88 Å². The number of ether oxygens (including phenoxy) is 1. The number of hydrogen-bond acceptors (Lipinski definition) is 8. The predicted molar refractivity (Wildman–Crippen MR) is 102 cm³/mol. The Bertz CT molecular complexity index is 674. The van der Waals surface area contributed by atoms with Gasteiger partial charge in [-0.15, -0.1) is 11.3 Å². The maximum Gasteiger partial charge on any atom is 0.414 e. The van der Waals surface area contributed by atoms with Gasteiger partial charge >= 0.3 is 11.9 Å². The lowest BCUT2D eigenvalue weighted by molar-refractivity contribution is -0.159. The van der Waals surface area contributed by atoms with Crippen LogP contribution in [0.2, 0.25) is 0 Å². The summed E-state index contributed by atoms with van der Waals surface area (Å²) in [5.41, 5.74) is 1.26.